The molecule has 1 aliphatic rings. The number of nitrogens with one attached hydrogen (secondary N) is 2. The van der Waals surface area contributed by atoms with Gasteiger partial charge in [0.1, 0.15) is 0 Å². The van der Waals surface area contributed by atoms with Crippen molar-refractivity contribution in [2.75, 3.05) is 32.7 Å². The van der Waals surface area contributed by atoms with Gasteiger partial charge >= 0.3 is 0 Å². The van der Waals surface area contributed by atoms with Crippen LogP contribution in [0.3, 0.4) is 0 Å². The minimum absolute atomic E-state index is 0.0161. The zero-order valence-electron chi connectivity index (χ0n) is 15.0. The number of rotatable bonds is 6. The van der Waals surface area contributed by atoms with Crippen LogP contribution in [0.1, 0.15) is 20.8 Å². The van der Waals surface area contributed by atoms with Crippen molar-refractivity contribution in [2.24, 2.45) is 5.92 Å². The van der Waals surface area contributed by atoms with Crippen LogP contribution in [0, 0.1) is 5.92 Å². The van der Waals surface area contributed by atoms with E-state index in [0.717, 1.165) is 4.90 Å². The van der Waals surface area contributed by atoms with Gasteiger partial charge in [-0.05, 0) is 31.0 Å². The zero-order valence-corrected chi connectivity index (χ0v) is 16.5. The topological polar surface area (TPSA) is 70.9 Å². The minimum atomic E-state index is -3.53. The number of amides is 1. The van der Waals surface area contributed by atoms with Crippen LogP contribution in [0.4, 0.5) is 0 Å². The molecule has 1 amide bonds. The quantitative estimate of drug-likeness (QED) is 0.740. The highest BCUT2D eigenvalue weighted by Crippen LogP contribution is 2.19. The fourth-order valence-electron chi connectivity index (χ4n) is 2.69. The van der Waals surface area contributed by atoms with E-state index < -0.39 is 10.0 Å². The first-order chi connectivity index (χ1) is 11.7. The number of carbonyl (C=O) groups is 1. The lowest BCUT2D eigenvalue weighted by molar-refractivity contribution is -0.895. The largest absolute Gasteiger partial charge is 0.348 e. The maximum atomic E-state index is 12.7. The van der Waals surface area contributed by atoms with Gasteiger partial charge in [-0.3, -0.25) is 4.79 Å². The van der Waals surface area contributed by atoms with Gasteiger partial charge in [0.15, 0.2) is 6.54 Å². The second kappa shape index (κ2) is 8.49. The fourth-order valence-corrected chi connectivity index (χ4v) is 4.44. The molecule has 0 aliphatic carbocycles. The molecule has 0 spiro atoms. The number of sulfonamides is 1. The molecule has 0 radical (unpaired) electrons. The summed E-state index contributed by atoms with van der Waals surface area (Å²) in [7, 11) is -3.53. The highest BCUT2D eigenvalue weighted by Gasteiger charge is 2.31. The molecule has 0 unspecified atom stereocenters. The molecule has 140 valence electrons. The maximum absolute atomic E-state index is 12.7. The van der Waals surface area contributed by atoms with E-state index in [4.69, 9.17) is 11.6 Å². The van der Waals surface area contributed by atoms with Crippen LogP contribution in [0.2, 0.25) is 5.02 Å². The monoisotopic (exact) mass is 388 g/mol. The van der Waals surface area contributed by atoms with E-state index >= 15 is 0 Å². The Morgan fingerprint density at radius 2 is 1.92 bits per heavy atom. The van der Waals surface area contributed by atoms with Gasteiger partial charge in [0.25, 0.3) is 5.91 Å². The summed E-state index contributed by atoms with van der Waals surface area (Å²) in [5.41, 5.74) is 0. The van der Waals surface area contributed by atoms with E-state index in [0.29, 0.717) is 43.7 Å². The molecule has 1 aromatic carbocycles. The van der Waals surface area contributed by atoms with E-state index in [1.165, 1.54) is 10.4 Å². The van der Waals surface area contributed by atoms with Crippen LogP contribution in [-0.2, 0) is 14.8 Å². The zero-order chi connectivity index (χ0) is 18.6. The average molecular weight is 389 g/mol. The van der Waals surface area contributed by atoms with Crippen molar-refractivity contribution < 1.29 is 18.1 Å². The number of hydrogen-bond acceptors (Lipinski definition) is 3. The van der Waals surface area contributed by atoms with Gasteiger partial charge in [0.05, 0.1) is 31.1 Å². The number of quaternary nitrogens is 1. The Balaban J connectivity index is 1.90. The molecular weight excluding hydrogens is 362 g/mol. The number of benzene rings is 1. The summed E-state index contributed by atoms with van der Waals surface area (Å²) in [5.74, 6) is 0.404. The number of carbonyl (C=O) groups excluding carboxylic acids is 1. The number of halogens is 1. The van der Waals surface area contributed by atoms with E-state index in [-0.39, 0.29) is 16.8 Å². The third kappa shape index (κ3) is 5.41. The Morgan fingerprint density at radius 1 is 1.28 bits per heavy atom. The van der Waals surface area contributed by atoms with Gasteiger partial charge < -0.3 is 10.2 Å². The molecule has 0 bridgehead atoms. The van der Waals surface area contributed by atoms with E-state index in [2.05, 4.69) is 19.2 Å². The van der Waals surface area contributed by atoms with E-state index in [9.17, 15) is 13.2 Å². The second-order valence-corrected chi connectivity index (χ2v) is 9.26. The van der Waals surface area contributed by atoms with E-state index in [1.54, 1.807) is 18.2 Å². The molecule has 6 nitrogen and oxygen atoms in total. The Labute approximate surface area is 155 Å². The van der Waals surface area contributed by atoms with Crippen molar-refractivity contribution in [2.45, 2.75) is 31.7 Å². The lowest BCUT2D eigenvalue weighted by Gasteiger charge is -2.31. The van der Waals surface area contributed by atoms with Crippen LogP contribution in [0.5, 0.6) is 0 Å². The minimum Gasteiger partial charge on any atom is -0.348 e. The number of piperazine rings is 1. The lowest BCUT2D eigenvalue weighted by Crippen LogP contribution is -3.15. The first-order valence-corrected chi connectivity index (χ1v) is 10.4. The standard InChI is InChI=1S/C17H26ClN3O3S/c1-13(2)14(3)19-17(22)12-20-7-9-21(10-8-20)25(23,24)16-6-4-5-15(18)11-16/h4-6,11,13-14H,7-10,12H2,1-3H3,(H,19,22)/p+1/t14-/m1/s1. The number of nitrogens with zero attached hydrogens (tertiary/aromatic N) is 1. The molecular formula is C17H27ClN3O3S+. The lowest BCUT2D eigenvalue weighted by atomic mass is 10.1. The highest BCUT2D eigenvalue weighted by molar-refractivity contribution is 7.89. The molecule has 8 heteroatoms. The van der Waals surface area contributed by atoms with Crippen LogP contribution in [0.15, 0.2) is 29.2 Å². The Morgan fingerprint density at radius 3 is 2.48 bits per heavy atom. The summed E-state index contributed by atoms with van der Waals surface area (Å²) in [6.07, 6.45) is 0. The van der Waals surface area contributed by atoms with Crippen molar-refractivity contribution in [3.8, 4) is 0 Å². The summed E-state index contributed by atoms with van der Waals surface area (Å²) >= 11 is 5.90. The van der Waals surface area contributed by atoms with Crippen LogP contribution in [0.25, 0.3) is 0 Å². The van der Waals surface area contributed by atoms with Crippen LogP contribution < -0.4 is 10.2 Å². The maximum Gasteiger partial charge on any atom is 0.275 e. The first-order valence-electron chi connectivity index (χ1n) is 8.59. The molecule has 1 heterocycles. The van der Waals surface area contributed by atoms with Gasteiger partial charge in [-0.1, -0.05) is 31.5 Å². The summed E-state index contributed by atoms with van der Waals surface area (Å²) in [6, 6.07) is 6.45. The molecule has 1 aromatic rings. The smallest absolute Gasteiger partial charge is 0.275 e. The van der Waals surface area contributed by atoms with Gasteiger partial charge in [-0.25, -0.2) is 8.42 Å². The summed E-state index contributed by atoms with van der Waals surface area (Å²) < 4.78 is 26.8. The SMILES string of the molecule is CC(C)[C@@H](C)NC(=O)C[NH+]1CCN(S(=O)(=O)c2cccc(Cl)c2)CC1. The van der Waals surface area contributed by atoms with Crippen molar-refractivity contribution in [3.63, 3.8) is 0 Å². The fraction of sp³-hybridized carbons (Fsp3) is 0.588. The first kappa shape index (κ1) is 20.2. The molecule has 0 saturated carbocycles. The van der Waals surface area contributed by atoms with Gasteiger partial charge in [-0.2, -0.15) is 4.31 Å². The van der Waals surface area contributed by atoms with Gasteiger partial charge in [-0.15, -0.1) is 0 Å². The van der Waals surface area contributed by atoms with Crippen molar-refractivity contribution in [3.05, 3.63) is 29.3 Å². The van der Waals surface area contributed by atoms with Crippen molar-refractivity contribution in [1.82, 2.24) is 9.62 Å². The van der Waals surface area contributed by atoms with Crippen molar-refractivity contribution in [1.29, 1.82) is 0 Å². The normalized spacial score (nSPS) is 18.3. The number of hydrogen-bond donors (Lipinski definition) is 2. The summed E-state index contributed by atoms with van der Waals surface area (Å²) in [6.45, 7) is 8.53. The molecule has 0 aromatic heterocycles. The Bertz CT molecular complexity index is 701. The van der Waals surface area contributed by atoms with Crippen LogP contribution in [-0.4, -0.2) is 57.4 Å². The third-order valence-electron chi connectivity index (χ3n) is 4.66. The molecule has 1 aliphatic heterocycles. The van der Waals surface area contributed by atoms with Crippen molar-refractivity contribution >= 4 is 27.5 Å². The molecule has 1 atom stereocenters. The molecule has 1 saturated heterocycles. The average Bonchev–Trinajstić information content (AvgIpc) is 2.55. The van der Waals surface area contributed by atoms with Gasteiger partial charge in [0, 0.05) is 11.1 Å². The van der Waals surface area contributed by atoms with Gasteiger partial charge in [0.2, 0.25) is 10.0 Å². The molecule has 1 fully saturated rings. The Hall–Kier alpha value is -1.15. The third-order valence-corrected chi connectivity index (χ3v) is 6.79. The summed E-state index contributed by atoms with van der Waals surface area (Å²) in [5, 5.41) is 3.40. The Kier molecular flexibility index (Phi) is 6.85. The molecule has 2 N–H and O–H groups in total. The predicted molar refractivity (Wildman–Crippen MR) is 98.2 cm³/mol. The van der Waals surface area contributed by atoms with Crippen LogP contribution >= 0.6 is 11.6 Å². The predicted octanol–water partition coefficient (Wildman–Crippen LogP) is 0.390. The second-order valence-electron chi connectivity index (χ2n) is 6.89. The summed E-state index contributed by atoms with van der Waals surface area (Å²) in [4.78, 5) is 13.4. The van der Waals surface area contributed by atoms with E-state index in [1.807, 2.05) is 6.92 Å². The highest BCUT2D eigenvalue weighted by atomic mass is 35.5. The molecule has 2 rings (SSSR count). The molecule has 25 heavy (non-hydrogen) atoms.